The molecule has 1 aromatic heterocycles. The fraction of sp³-hybridized carbons (Fsp3) is 0.533. The van der Waals surface area contributed by atoms with E-state index in [-0.39, 0.29) is 12.5 Å². The molecule has 0 spiro atoms. The number of aliphatic hydroxyl groups excluding tert-OH is 1. The number of aromatic nitrogens is 1. The van der Waals surface area contributed by atoms with E-state index in [9.17, 15) is 4.79 Å². The van der Waals surface area contributed by atoms with Crippen molar-refractivity contribution in [2.24, 2.45) is 0 Å². The Morgan fingerprint density at radius 2 is 2.14 bits per heavy atom. The van der Waals surface area contributed by atoms with Crippen molar-refractivity contribution in [2.45, 2.75) is 6.42 Å². The molecule has 2 heterocycles. The molecule has 7 nitrogen and oxygen atoms in total. The van der Waals surface area contributed by atoms with Crippen LogP contribution < -0.4 is 10.2 Å². The molecular formula is C15H21N5O2. The molecule has 0 atom stereocenters. The number of piperazine rings is 1. The lowest BCUT2D eigenvalue weighted by Crippen LogP contribution is -2.51. The molecule has 0 radical (unpaired) electrons. The molecule has 0 aromatic carbocycles. The first-order chi connectivity index (χ1) is 10.7. The summed E-state index contributed by atoms with van der Waals surface area (Å²) in [5, 5.41) is 20.5. The lowest BCUT2D eigenvalue weighted by atomic mass is 10.2. The molecule has 2 rings (SSSR count). The van der Waals surface area contributed by atoms with Gasteiger partial charge in [-0.1, -0.05) is 0 Å². The van der Waals surface area contributed by atoms with E-state index < -0.39 is 0 Å². The first kappa shape index (κ1) is 16.2. The second kappa shape index (κ2) is 8.32. The lowest BCUT2D eigenvalue weighted by Gasteiger charge is -2.35. The molecule has 0 unspecified atom stereocenters. The fourth-order valence-electron chi connectivity index (χ4n) is 2.34. The van der Waals surface area contributed by atoms with Gasteiger partial charge < -0.3 is 20.2 Å². The van der Waals surface area contributed by atoms with Gasteiger partial charge in [-0.25, -0.2) is 4.98 Å². The third-order valence-electron chi connectivity index (χ3n) is 3.62. The monoisotopic (exact) mass is 303 g/mol. The van der Waals surface area contributed by atoms with Crippen LogP contribution >= 0.6 is 0 Å². The van der Waals surface area contributed by atoms with Gasteiger partial charge in [0.2, 0.25) is 5.91 Å². The number of hydrogen-bond donors (Lipinski definition) is 2. The molecule has 22 heavy (non-hydrogen) atoms. The summed E-state index contributed by atoms with van der Waals surface area (Å²) in [4.78, 5) is 20.3. The zero-order valence-corrected chi connectivity index (χ0v) is 12.5. The molecule has 1 aromatic rings. The number of nitrogens with one attached hydrogen (secondary N) is 1. The third-order valence-corrected chi connectivity index (χ3v) is 3.62. The Hall–Kier alpha value is -2.17. The predicted octanol–water partition coefficient (Wildman–Crippen LogP) is -0.426. The van der Waals surface area contributed by atoms with Crippen LogP contribution in [-0.4, -0.2) is 66.8 Å². The first-order valence-electron chi connectivity index (χ1n) is 7.45. The van der Waals surface area contributed by atoms with Crippen LogP contribution in [0.1, 0.15) is 12.0 Å². The van der Waals surface area contributed by atoms with Crippen LogP contribution in [0.2, 0.25) is 0 Å². The molecule has 1 fully saturated rings. The standard InChI is InChI=1S/C15H21N5O2/c16-10-13-2-3-14(18-11-13)19-5-7-20(8-6-19)15(22)12-17-4-1-9-21/h2-3,11,17,21H,1,4-9,12H2. The molecule has 1 saturated heterocycles. The average Bonchev–Trinajstić information content (AvgIpc) is 2.59. The normalized spacial score (nSPS) is 14.7. The molecular weight excluding hydrogens is 282 g/mol. The molecule has 2 N–H and O–H groups in total. The summed E-state index contributed by atoms with van der Waals surface area (Å²) in [7, 11) is 0. The highest BCUT2D eigenvalue weighted by molar-refractivity contribution is 5.78. The quantitative estimate of drug-likeness (QED) is 0.693. The Morgan fingerprint density at radius 3 is 2.73 bits per heavy atom. The van der Waals surface area contributed by atoms with E-state index in [0.29, 0.717) is 38.2 Å². The zero-order valence-electron chi connectivity index (χ0n) is 12.5. The van der Waals surface area contributed by atoms with Crippen molar-refractivity contribution in [3.8, 4) is 6.07 Å². The Labute approximate surface area is 130 Å². The van der Waals surface area contributed by atoms with Crippen molar-refractivity contribution in [1.29, 1.82) is 5.26 Å². The number of rotatable bonds is 6. The van der Waals surface area contributed by atoms with Crippen LogP contribution in [0, 0.1) is 11.3 Å². The summed E-state index contributed by atoms with van der Waals surface area (Å²) in [6.45, 7) is 3.91. The van der Waals surface area contributed by atoms with Crippen LogP contribution in [0.25, 0.3) is 0 Å². The Morgan fingerprint density at radius 1 is 1.36 bits per heavy atom. The number of anilines is 1. The number of hydrogen-bond acceptors (Lipinski definition) is 6. The number of aliphatic hydroxyl groups is 1. The first-order valence-corrected chi connectivity index (χ1v) is 7.45. The highest BCUT2D eigenvalue weighted by Gasteiger charge is 2.21. The van der Waals surface area contributed by atoms with Crippen LogP contribution in [0.5, 0.6) is 0 Å². The van der Waals surface area contributed by atoms with Gasteiger partial charge in [0.1, 0.15) is 11.9 Å². The van der Waals surface area contributed by atoms with Gasteiger partial charge in [-0.3, -0.25) is 4.79 Å². The molecule has 7 heteroatoms. The van der Waals surface area contributed by atoms with E-state index in [1.807, 2.05) is 11.0 Å². The highest BCUT2D eigenvalue weighted by atomic mass is 16.3. The Balaban J connectivity index is 1.77. The molecule has 1 amide bonds. The Kier molecular flexibility index (Phi) is 6.13. The van der Waals surface area contributed by atoms with E-state index in [1.54, 1.807) is 12.3 Å². The molecule has 118 valence electrons. The van der Waals surface area contributed by atoms with Crippen molar-refractivity contribution in [3.05, 3.63) is 23.9 Å². The van der Waals surface area contributed by atoms with E-state index in [1.165, 1.54) is 0 Å². The minimum atomic E-state index is 0.0883. The van der Waals surface area contributed by atoms with Crippen molar-refractivity contribution < 1.29 is 9.90 Å². The summed E-state index contributed by atoms with van der Waals surface area (Å²) < 4.78 is 0. The summed E-state index contributed by atoms with van der Waals surface area (Å²) in [5.74, 6) is 0.928. The SMILES string of the molecule is N#Cc1ccc(N2CCN(C(=O)CNCCCO)CC2)nc1. The van der Waals surface area contributed by atoms with E-state index in [2.05, 4.69) is 21.3 Å². The fourth-order valence-corrected chi connectivity index (χ4v) is 2.34. The second-order valence-electron chi connectivity index (χ2n) is 5.14. The summed E-state index contributed by atoms with van der Waals surface area (Å²) >= 11 is 0. The molecule has 0 bridgehead atoms. The molecule has 1 aliphatic rings. The van der Waals surface area contributed by atoms with Gasteiger partial charge in [-0.15, -0.1) is 0 Å². The second-order valence-corrected chi connectivity index (χ2v) is 5.14. The maximum atomic E-state index is 12.0. The summed E-state index contributed by atoms with van der Waals surface area (Å²) in [6, 6.07) is 5.65. The predicted molar refractivity (Wildman–Crippen MR) is 82.3 cm³/mol. The number of carbonyl (C=O) groups excluding carboxylic acids is 1. The smallest absolute Gasteiger partial charge is 0.236 e. The van der Waals surface area contributed by atoms with Crippen LogP contribution in [0.3, 0.4) is 0 Å². The van der Waals surface area contributed by atoms with Gasteiger partial charge in [-0.2, -0.15) is 5.26 Å². The van der Waals surface area contributed by atoms with Crippen molar-refractivity contribution in [2.75, 3.05) is 50.8 Å². The number of pyridine rings is 1. The van der Waals surface area contributed by atoms with Gasteiger partial charge in [0.05, 0.1) is 12.1 Å². The van der Waals surface area contributed by atoms with Crippen molar-refractivity contribution in [3.63, 3.8) is 0 Å². The maximum absolute atomic E-state index is 12.0. The largest absolute Gasteiger partial charge is 0.396 e. The van der Waals surface area contributed by atoms with Crippen LogP contribution in [0.4, 0.5) is 5.82 Å². The van der Waals surface area contributed by atoms with E-state index in [0.717, 1.165) is 18.9 Å². The number of amides is 1. The Bertz CT molecular complexity index is 518. The highest BCUT2D eigenvalue weighted by Crippen LogP contribution is 2.13. The van der Waals surface area contributed by atoms with Gasteiger partial charge >= 0.3 is 0 Å². The van der Waals surface area contributed by atoms with Crippen LogP contribution in [0.15, 0.2) is 18.3 Å². The van der Waals surface area contributed by atoms with Gasteiger partial charge in [-0.05, 0) is 25.1 Å². The lowest BCUT2D eigenvalue weighted by molar-refractivity contribution is -0.130. The number of nitriles is 1. The van der Waals surface area contributed by atoms with Gasteiger partial charge in [0, 0.05) is 39.0 Å². The van der Waals surface area contributed by atoms with E-state index in [4.69, 9.17) is 10.4 Å². The minimum Gasteiger partial charge on any atom is -0.396 e. The topological polar surface area (TPSA) is 92.5 Å². The molecule has 0 aliphatic carbocycles. The van der Waals surface area contributed by atoms with Crippen molar-refractivity contribution >= 4 is 11.7 Å². The third kappa shape index (κ3) is 4.41. The maximum Gasteiger partial charge on any atom is 0.236 e. The summed E-state index contributed by atoms with van der Waals surface area (Å²) in [5.41, 5.74) is 0.548. The van der Waals surface area contributed by atoms with Gasteiger partial charge in [0.25, 0.3) is 0 Å². The van der Waals surface area contributed by atoms with Crippen molar-refractivity contribution in [1.82, 2.24) is 15.2 Å². The van der Waals surface area contributed by atoms with Gasteiger partial charge in [0.15, 0.2) is 0 Å². The van der Waals surface area contributed by atoms with E-state index >= 15 is 0 Å². The van der Waals surface area contributed by atoms with Crippen LogP contribution in [-0.2, 0) is 4.79 Å². The number of nitrogens with zero attached hydrogens (tertiary/aromatic N) is 4. The minimum absolute atomic E-state index is 0.0883. The molecule has 0 saturated carbocycles. The number of carbonyl (C=O) groups is 1. The average molecular weight is 303 g/mol. The zero-order chi connectivity index (χ0) is 15.8. The summed E-state index contributed by atoms with van der Waals surface area (Å²) in [6.07, 6.45) is 2.23. The molecule has 1 aliphatic heterocycles.